The van der Waals surface area contributed by atoms with Crippen molar-refractivity contribution < 1.29 is 37.1 Å². The Labute approximate surface area is 397 Å². The summed E-state index contributed by atoms with van der Waals surface area (Å²) in [7, 11) is -4.61. The smallest absolute Gasteiger partial charge is 0.410 e. The van der Waals surface area contributed by atoms with Gasteiger partial charge in [0.05, 0.1) is 15.4 Å². The first kappa shape index (κ1) is 48.7. The summed E-state index contributed by atoms with van der Waals surface area (Å²) < 4.78 is 47.2. The molecule has 2 heterocycles. The number of piperazine rings is 1. The number of nitro benzene ring substituents is 1. The van der Waals surface area contributed by atoms with Crippen molar-refractivity contribution in [3.05, 3.63) is 141 Å². The van der Waals surface area contributed by atoms with E-state index in [1.54, 1.807) is 56.0 Å². The second-order valence-corrected chi connectivity index (χ2v) is 19.8. The number of halogens is 1. The van der Waals surface area contributed by atoms with Gasteiger partial charge in [-0.2, -0.15) is 0 Å². The number of amides is 2. The average molecular weight is 954 g/mol. The van der Waals surface area contributed by atoms with Crippen molar-refractivity contribution in [1.82, 2.24) is 14.5 Å². The third kappa shape index (κ3) is 13.0. The standard InChI is InChI=1S/C50H57ClN6O9S/c1-5-55(49(59)66-50(2,3)4)33-36-9-8-11-41(29-36)65-47-30-40(56-25-23-54(24-26-56)34-38-10-6-7-12-43(38)37-13-15-39(51)16-14-37)17-19-44(47)48(58)53-67(62,63)42-18-20-45(46(31-42)57(60)61)52-32-35-21-27-64-28-22-35/h6-20,29-31,35,52H,5,21-28,32-34H2,1-4H3,(H,53,58). The highest BCUT2D eigenvalue weighted by Gasteiger charge is 2.28. The van der Waals surface area contributed by atoms with Crippen LogP contribution < -0.4 is 19.7 Å². The molecule has 2 saturated heterocycles. The predicted molar refractivity (Wildman–Crippen MR) is 259 cm³/mol. The van der Waals surface area contributed by atoms with Gasteiger partial charge in [0, 0.05) is 88.4 Å². The molecular weight excluding hydrogens is 896 g/mol. The summed E-state index contributed by atoms with van der Waals surface area (Å²) in [6.45, 7) is 13.1. The predicted octanol–water partition coefficient (Wildman–Crippen LogP) is 9.74. The van der Waals surface area contributed by atoms with Crippen LogP contribution in [-0.2, 0) is 32.6 Å². The van der Waals surface area contributed by atoms with Gasteiger partial charge in [-0.1, -0.05) is 60.1 Å². The lowest BCUT2D eigenvalue weighted by molar-refractivity contribution is -0.384. The molecule has 0 aromatic heterocycles. The maximum absolute atomic E-state index is 14.1. The van der Waals surface area contributed by atoms with Gasteiger partial charge in [0.15, 0.2) is 0 Å². The lowest BCUT2D eigenvalue weighted by Crippen LogP contribution is -2.46. The summed E-state index contributed by atoms with van der Waals surface area (Å²) in [6.07, 6.45) is 1.15. The molecule has 15 nitrogen and oxygen atoms in total. The number of carbonyl (C=O) groups is 2. The molecule has 0 spiro atoms. The van der Waals surface area contributed by atoms with E-state index in [2.05, 4.69) is 32.0 Å². The molecule has 5 aromatic carbocycles. The molecule has 354 valence electrons. The fourth-order valence-corrected chi connectivity index (χ4v) is 9.17. The Morgan fingerprint density at radius 3 is 2.34 bits per heavy atom. The number of ether oxygens (including phenoxy) is 3. The Morgan fingerprint density at radius 1 is 0.910 bits per heavy atom. The van der Waals surface area contributed by atoms with Gasteiger partial charge in [-0.15, -0.1) is 0 Å². The van der Waals surface area contributed by atoms with Crippen molar-refractivity contribution in [2.45, 2.75) is 64.1 Å². The molecule has 7 rings (SSSR count). The van der Waals surface area contributed by atoms with Gasteiger partial charge < -0.3 is 29.3 Å². The molecule has 2 aliphatic heterocycles. The van der Waals surface area contributed by atoms with Crippen LogP contribution in [-0.4, -0.2) is 93.2 Å². The summed E-state index contributed by atoms with van der Waals surface area (Å²) in [4.78, 5) is 44.2. The van der Waals surface area contributed by atoms with Crippen LogP contribution in [0.1, 0.15) is 62.0 Å². The first-order chi connectivity index (χ1) is 32.0. The number of nitrogens with one attached hydrogen (secondary N) is 2. The number of hydrogen-bond acceptors (Lipinski definition) is 12. The summed E-state index contributed by atoms with van der Waals surface area (Å²) in [5.41, 5.74) is 3.90. The Balaban J connectivity index is 1.12. The third-order valence-electron chi connectivity index (χ3n) is 11.7. The zero-order valence-electron chi connectivity index (χ0n) is 38.2. The molecule has 5 aromatic rings. The van der Waals surface area contributed by atoms with Crippen LogP contribution in [0.3, 0.4) is 0 Å². The fourth-order valence-electron chi connectivity index (χ4n) is 8.06. The normalized spacial score (nSPS) is 14.9. The summed E-state index contributed by atoms with van der Waals surface area (Å²) in [5, 5.41) is 15.9. The lowest BCUT2D eigenvalue weighted by Gasteiger charge is -2.36. The van der Waals surface area contributed by atoms with Gasteiger partial charge in [0.1, 0.15) is 22.8 Å². The van der Waals surface area contributed by atoms with Crippen LogP contribution in [0.5, 0.6) is 11.5 Å². The largest absolute Gasteiger partial charge is 0.456 e. The number of carbonyl (C=O) groups excluding carboxylic acids is 2. The van der Waals surface area contributed by atoms with Crippen molar-refractivity contribution in [1.29, 1.82) is 0 Å². The second-order valence-electron chi connectivity index (χ2n) is 17.7. The van der Waals surface area contributed by atoms with Crippen LogP contribution in [0.4, 0.5) is 21.9 Å². The van der Waals surface area contributed by atoms with Crippen molar-refractivity contribution in [2.75, 3.05) is 62.7 Å². The van der Waals surface area contributed by atoms with Crippen LogP contribution in [0.15, 0.2) is 114 Å². The van der Waals surface area contributed by atoms with Crippen molar-refractivity contribution in [2.24, 2.45) is 5.92 Å². The topological polar surface area (TPSA) is 173 Å². The zero-order valence-corrected chi connectivity index (χ0v) is 39.8. The monoisotopic (exact) mass is 952 g/mol. The fraction of sp³-hybridized carbons (Fsp3) is 0.360. The SMILES string of the molecule is CCN(Cc1cccc(Oc2cc(N3CCN(Cc4ccccc4-c4ccc(Cl)cc4)CC3)ccc2C(=O)NS(=O)(=O)c2ccc(NCC3CCOCC3)c([N+](=O)[O-])c2)c1)C(=O)OC(C)(C)C. The van der Waals surface area contributed by atoms with Gasteiger partial charge in [0.25, 0.3) is 21.6 Å². The molecule has 2 aliphatic rings. The van der Waals surface area contributed by atoms with Gasteiger partial charge in [-0.05, 0) is 117 Å². The molecule has 2 fully saturated rings. The van der Waals surface area contributed by atoms with E-state index >= 15 is 0 Å². The number of nitro groups is 1. The number of rotatable bonds is 16. The minimum atomic E-state index is -4.61. The summed E-state index contributed by atoms with van der Waals surface area (Å²) in [6, 6.07) is 31.7. The Morgan fingerprint density at radius 2 is 1.64 bits per heavy atom. The number of nitrogens with zero attached hydrogens (tertiary/aromatic N) is 4. The van der Waals surface area contributed by atoms with Crippen molar-refractivity contribution >= 4 is 50.7 Å². The molecule has 0 radical (unpaired) electrons. The zero-order chi connectivity index (χ0) is 47.7. The lowest BCUT2D eigenvalue weighted by atomic mass is 9.99. The molecule has 0 atom stereocenters. The van der Waals surface area contributed by atoms with Gasteiger partial charge in [-0.3, -0.25) is 19.8 Å². The van der Waals surface area contributed by atoms with E-state index in [1.807, 2.05) is 49.4 Å². The summed E-state index contributed by atoms with van der Waals surface area (Å²) >= 11 is 6.18. The van der Waals surface area contributed by atoms with Gasteiger partial charge in [-0.25, -0.2) is 17.9 Å². The highest BCUT2D eigenvalue weighted by molar-refractivity contribution is 7.90. The molecule has 0 aliphatic carbocycles. The van der Waals surface area contributed by atoms with E-state index in [-0.39, 0.29) is 29.5 Å². The van der Waals surface area contributed by atoms with Crippen molar-refractivity contribution in [3.63, 3.8) is 0 Å². The highest BCUT2D eigenvalue weighted by atomic mass is 35.5. The number of benzene rings is 5. The molecule has 0 saturated carbocycles. The second kappa shape index (κ2) is 21.6. The molecule has 17 heteroatoms. The van der Waals surface area contributed by atoms with E-state index < -0.39 is 43.1 Å². The van der Waals surface area contributed by atoms with E-state index in [9.17, 15) is 28.1 Å². The van der Waals surface area contributed by atoms with Crippen LogP contribution in [0.25, 0.3) is 11.1 Å². The molecule has 67 heavy (non-hydrogen) atoms. The highest BCUT2D eigenvalue weighted by Crippen LogP contribution is 2.34. The average Bonchev–Trinajstić information content (AvgIpc) is 3.30. The van der Waals surface area contributed by atoms with E-state index in [4.69, 9.17) is 25.8 Å². The van der Waals surface area contributed by atoms with Crippen LogP contribution in [0, 0.1) is 16.0 Å². The molecule has 2 amide bonds. The van der Waals surface area contributed by atoms with Gasteiger partial charge in [0.2, 0.25) is 0 Å². The molecular formula is C50H57ClN6O9S. The first-order valence-corrected chi connectivity index (χ1v) is 24.3. The Bertz CT molecular complexity index is 2660. The Hall–Kier alpha value is -6.20. The third-order valence-corrected chi connectivity index (χ3v) is 13.3. The maximum atomic E-state index is 14.1. The van der Waals surface area contributed by atoms with Crippen molar-refractivity contribution in [3.8, 4) is 22.6 Å². The molecule has 0 unspecified atom stereocenters. The van der Waals surface area contributed by atoms with E-state index in [0.717, 1.165) is 60.9 Å². The summed E-state index contributed by atoms with van der Waals surface area (Å²) in [5.74, 6) is -0.313. The number of anilines is 2. The number of sulfonamides is 1. The maximum Gasteiger partial charge on any atom is 0.410 e. The minimum absolute atomic E-state index is 0.0802. The van der Waals surface area contributed by atoms with Crippen LogP contribution >= 0.6 is 11.6 Å². The Kier molecular flexibility index (Phi) is 15.7. The quantitative estimate of drug-likeness (QED) is 0.0710. The van der Waals surface area contributed by atoms with E-state index in [1.165, 1.54) is 23.8 Å². The number of hydrogen-bond donors (Lipinski definition) is 2. The van der Waals surface area contributed by atoms with Crippen LogP contribution in [0.2, 0.25) is 5.02 Å². The molecule has 0 bridgehead atoms. The first-order valence-electron chi connectivity index (χ1n) is 22.4. The van der Waals surface area contributed by atoms with Gasteiger partial charge >= 0.3 is 6.09 Å². The minimum Gasteiger partial charge on any atom is -0.456 e. The molecule has 2 N–H and O–H groups in total. The van der Waals surface area contributed by atoms with E-state index in [0.29, 0.717) is 50.2 Å².